The van der Waals surface area contributed by atoms with Crippen molar-refractivity contribution >= 4 is 47.1 Å². The molecule has 0 atom stereocenters. The average molecular weight is 365 g/mol. The Balaban J connectivity index is 2.45. The van der Waals surface area contributed by atoms with Crippen LogP contribution < -0.4 is 21.5 Å². The standard InChI is InChI=1S/C16H24N6S2/c1-11(2)19-15(23)21-17-9-13-5-7-14(8-6-13)10-18-22-16(24)20-12(3)4/h5-12H,1-4H3,(H2,19,21,23)(H2,20,22,24)/b17-9-,18-10-. The number of hydrogen-bond donors (Lipinski definition) is 4. The van der Waals surface area contributed by atoms with Crippen molar-refractivity contribution in [1.29, 1.82) is 0 Å². The fourth-order valence-electron chi connectivity index (χ4n) is 1.59. The van der Waals surface area contributed by atoms with Crippen LogP contribution in [0.4, 0.5) is 0 Å². The van der Waals surface area contributed by atoms with Crippen molar-refractivity contribution in [1.82, 2.24) is 21.5 Å². The molecule has 0 saturated heterocycles. The maximum absolute atomic E-state index is 5.09. The highest BCUT2D eigenvalue weighted by atomic mass is 32.1. The predicted octanol–water partition coefficient (Wildman–Crippen LogP) is 2.10. The van der Waals surface area contributed by atoms with Crippen LogP contribution in [0.3, 0.4) is 0 Å². The Morgan fingerprint density at radius 3 is 1.42 bits per heavy atom. The lowest BCUT2D eigenvalue weighted by atomic mass is 10.2. The van der Waals surface area contributed by atoms with Gasteiger partial charge in [-0.25, -0.2) is 0 Å². The molecule has 0 aliphatic heterocycles. The van der Waals surface area contributed by atoms with Crippen LogP contribution >= 0.6 is 24.4 Å². The summed E-state index contributed by atoms with van der Waals surface area (Å²) in [4.78, 5) is 0. The summed E-state index contributed by atoms with van der Waals surface area (Å²) in [6, 6.07) is 8.31. The van der Waals surface area contributed by atoms with Gasteiger partial charge in [-0.3, -0.25) is 10.9 Å². The van der Waals surface area contributed by atoms with Crippen LogP contribution in [0.2, 0.25) is 0 Å². The zero-order valence-corrected chi connectivity index (χ0v) is 16.0. The minimum atomic E-state index is 0.274. The summed E-state index contributed by atoms with van der Waals surface area (Å²) in [6.07, 6.45) is 3.41. The van der Waals surface area contributed by atoms with E-state index in [0.717, 1.165) is 11.1 Å². The molecule has 130 valence electrons. The zero-order valence-electron chi connectivity index (χ0n) is 14.3. The predicted molar refractivity (Wildman–Crippen MR) is 110 cm³/mol. The van der Waals surface area contributed by atoms with Crippen LogP contribution in [0.25, 0.3) is 0 Å². The van der Waals surface area contributed by atoms with Crippen molar-refractivity contribution in [3.05, 3.63) is 35.4 Å². The number of rotatable bonds is 6. The van der Waals surface area contributed by atoms with Crippen LogP contribution in [0.1, 0.15) is 38.8 Å². The maximum atomic E-state index is 5.09. The van der Waals surface area contributed by atoms with Gasteiger partial charge in [0.05, 0.1) is 12.4 Å². The van der Waals surface area contributed by atoms with Crippen molar-refractivity contribution in [2.75, 3.05) is 0 Å². The highest BCUT2D eigenvalue weighted by Gasteiger charge is 1.96. The molecule has 0 fully saturated rings. The van der Waals surface area contributed by atoms with E-state index in [1.54, 1.807) is 12.4 Å². The molecule has 0 unspecified atom stereocenters. The summed E-state index contributed by atoms with van der Waals surface area (Å²) in [5, 5.41) is 15.3. The summed E-state index contributed by atoms with van der Waals surface area (Å²) in [5.74, 6) is 0. The van der Waals surface area contributed by atoms with Gasteiger partial charge in [-0.15, -0.1) is 0 Å². The van der Waals surface area contributed by atoms with E-state index in [9.17, 15) is 0 Å². The Bertz CT molecular complexity index is 540. The average Bonchev–Trinajstić information content (AvgIpc) is 2.47. The number of benzene rings is 1. The van der Waals surface area contributed by atoms with Crippen LogP contribution in [0.15, 0.2) is 34.5 Å². The Kier molecular flexibility index (Phi) is 8.88. The molecule has 0 bridgehead atoms. The van der Waals surface area contributed by atoms with Crippen molar-refractivity contribution in [2.24, 2.45) is 10.2 Å². The van der Waals surface area contributed by atoms with E-state index in [-0.39, 0.29) is 12.1 Å². The van der Waals surface area contributed by atoms with E-state index < -0.39 is 0 Å². The highest BCUT2D eigenvalue weighted by molar-refractivity contribution is 7.80. The number of thiocarbonyl (C=S) groups is 2. The molecule has 0 radical (unpaired) electrons. The van der Waals surface area contributed by atoms with Crippen LogP contribution in [-0.4, -0.2) is 34.7 Å². The lowest BCUT2D eigenvalue weighted by Crippen LogP contribution is -2.36. The van der Waals surface area contributed by atoms with Gasteiger partial charge in [-0.05, 0) is 63.3 Å². The fourth-order valence-corrected chi connectivity index (χ4v) is 2.16. The molecule has 0 saturated carbocycles. The van der Waals surface area contributed by atoms with Gasteiger partial charge in [-0.2, -0.15) is 10.2 Å². The zero-order chi connectivity index (χ0) is 17.9. The molecule has 24 heavy (non-hydrogen) atoms. The van der Waals surface area contributed by atoms with E-state index in [0.29, 0.717) is 10.2 Å². The van der Waals surface area contributed by atoms with Gasteiger partial charge in [0.15, 0.2) is 10.2 Å². The molecular formula is C16H24N6S2. The summed E-state index contributed by atoms with van der Waals surface area (Å²) in [5.41, 5.74) is 7.45. The third kappa shape index (κ3) is 9.16. The Morgan fingerprint density at radius 1 is 0.792 bits per heavy atom. The first-order valence-electron chi connectivity index (χ1n) is 7.66. The molecule has 6 nitrogen and oxygen atoms in total. The molecule has 1 aromatic rings. The first kappa shape index (κ1) is 20.0. The summed E-state index contributed by atoms with van der Waals surface area (Å²) < 4.78 is 0. The number of nitrogens with zero attached hydrogens (tertiary/aromatic N) is 2. The van der Waals surface area contributed by atoms with Gasteiger partial charge in [0, 0.05) is 12.1 Å². The molecule has 1 rings (SSSR count). The number of nitrogens with one attached hydrogen (secondary N) is 4. The summed E-state index contributed by atoms with van der Waals surface area (Å²) in [7, 11) is 0. The third-order valence-electron chi connectivity index (χ3n) is 2.54. The Hall–Kier alpha value is -2.06. The molecule has 0 aromatic heterocycles. The van der Waals surface area contributed by atoms with E-state index >= 15 is 0 Å². The quantitative estimate of drug-likeness (QED) is 0.352. The lowest BCUT2D eigenvalue weighted by Gasteiger charge is -2.09. The maximum Gasteiger partial charge on any atom is 0.187 e. The van der Waals surface area contributed by atoms with Crippen molar-refractivity contribution < 1.29 is 0 Å². The molecule has 1 aromatic carbocycles. The van der Waals surface area contributed by atoms with Gasteiger partial charge >= 0.3 is 0 Å². The minimum Gasteiger partial charge on any atom is -0.359 e. The molecule has 0 aliphatic carbocycles. The molecule has 4 N–H and O–H groups in total. The van der Waals surface area contributed by atoms with E-state index in [2.05, 4.69) is 31.7 Å². The molecule has 0 spiro atoms. The van der Waals surface area contributed by atoms with Gasteiger partial charge in [0.1, 0.15) is 0 Å². The first-order chi connectivity index (χ1) is 11.4. The monoisotopic (exact) mass is 364 g/mol. The largest absolute Gasteiger partial charge is 0.359 e. The van der Waals surface area contributed by atoms with Gasteiger partial charge in [0.25, 0.3) is 0 Å². The molecule has 0 amide bonds. The second-order valence-electron chi connectivity index (χ2n) is 5.66. The van der Waals surface area contributed by atoms with E-state index in [1.165, 1.54) is 0 Å². The Labute approximate surface area is 154 Å². The summed E-state index contributed by atoms with van der Waals surface area (Å²) >= 11 is 10.2. The van der Waals surface area contributed by atoms with Gasteiger partial charge in [-0.1, -0.05) is 24.3 Å². The lowest BCUT2D eigenvalue weighted by molar-refractivity contribution is 0.719. The topological polar surface area (TPSA) is 72.8 Å². The normalized spacial score (nSPS) is 11.2. The number of hydrazone groups is 2. The van der Waals surface area contributed by atoms with Crippen LogP contribution in [-0.2, 0) is 0 Å². The van der Waals surface area contributed by atoms with Crippen molar-refractivity contribution in [3.63, 3.8) is 0 Å². The fraction of sp³-hybridized carbons (Fsp3) is 0.375. The second-order valence-corrected chi connectivity index (χ2v) is 6.48. The van der Waals surface area contributed by atoms with Crippen LogP contribution in [0, 0.1) is 0 Å². The second kappa shape index (κ2) is 10.7. The van der Waals surface area contributed by atoms with E-state index in [4.69, 9.17) is 24.4 Å². The third-order valence-corrected chi connectivity index (χ3v) is 2.95. The van der Waals surface area contributed by atoms with Gasteiger partial charge in [0.2, 0.25) is 0 Å². The highest BCUT2D eigenvalue weighted by Crippen LogP contribution is 2.00. The molecule has 0 aliphatic rings. The van der Waals surface area contributed by atoms with E-state index in [1.807, 2.05) is 52.0 Å². The van der Waals surface area contributed by atoms with Crippen molar-refractivity contribution in [2.45, 2.75) is 39.8 Å². The molecule has 8 heteroatoms. The van der Waals surface area contributed by atoms with Crippen LogP contribution in [0.5, 0.6) is 0 Å². The Morgan fingerprint density at radius 2 is 1.12 bits per heavy atom. The molecule has 0 heterocycles. The first-order valence-corrected chi connectivity index (χ1v) is 8.47. The summed E-state index contributed by atoms with van der Waals surface area (Å²) in [6.45, 7) is 8.05. The van der Waals surface area contributed by atoms with Crippen molar-refractivity contribution in [3.8, 4) is 0 Å². The smallest absolute Gasteiger partial charge is 0.187 e. The minimum absolute atomic E-state index is 0.274. The SMILES string of the molecule is CC(C)NC(=S)N/N=C\c1ccc(/C=N\NC(=S)NC(C)C)cc1. The van der Waals surface area contributed by atoms with Gasteiger partial charge < -0.3 is 10.6 Å². The molecular weight excluding hydrogens is 340 g/mol. The number of hydrogen-bond acceptors (Lipinski definition) is 4.